The first kappa shape index (κ1) is 15.8. The van der Waals surface area contributed by atoms with Gasteiger partial charge in [-0.15, -0.1) is 0 Å². The molecule has 0 amide bonds. The summed E-state index contributed by atoms with van der Waals surface area (Å²) in [7, 11) is 1.37. The molecule has 0 aromatic heterocycles. The van der Waals surface area contributed by atoms with Crippen LogP contribution < -0.4 is 0 Å². The zero-order valence-corrected chi connectivity index (χ0v) is 13.8. The average molecular weight is 323 g/mol. The number of fused-ring (bicyclic) bond motifs is 1. The van der Waals surface area contributed by atoms with Crippen molar-refractivity contribution >= 4 is 17.6 Å². The predicted molar refractivity (Wildman–Crippen MR) is 86.4 cm³/mol. The predicted octanol–water partition coefficient (Wildman–Crippen LogP) is 3.74. The van der Waals surface area contributed by atoms with Gasteiger partial charge >= 0.3 is 5.97 Å². The van der Waals surface area contributed by atoms with Gasteiger partial charge in [0.2, 0.25) is 0 Å². The fraction of sp³-hybridized carbons (Fsp3) is 0.611. The van der Waals surface area contributed by atoms with Crippen LogP contribution in [-0.4, -0.2) is 24.8 Å². The molecular formula is C18H23ClO3. The first-order chi connectivity index (χ1) is 10.6. The molecule has 0 bridgehead atoms. The van der Waals surface area contributed by atoms with Crippen LogP contribution in [0.3, 0.4) is 0 Å². The van der Waals surface area contributed by atoms with Gasteiger partial charge in [-0.3, -0.25) is 4.79 Å². The highest BCUT2D eigenvalue weighted by Crippen LogP contribution is 2.45. The van der Waals surface area contributed by atoms with Crippen LogP contribution in [0.2, 0.25) is 5.02 Å². The maximum Gasteiger partial charge on any atom is 0.318 e. The number of aryl methyl sites for hydroxylation is 1. The summed E-state index contributed by atoms with van der Waals surface area (Å²) in [5.41, 5.74) is 2.29. The lowest BCUT2D eigenvalue weighted by atomic mass is 9.80. The molecule has 1 atom stereocenters. The van der Waals surface area contributed by atoms with E-state index in [0.717, 1.165) is 22.6 Å². The Morgan fingerprint density at radius 1 is 1.36 bits per heavy atom. The van der Waals surface area contributed by atoms with Crippen molar-refractivity contribution in [1.29, 1.82) is 0 Å². The van der Waals surface area contributed by atoms with Crippen molar-refractivity contribution in [3.05, 3.63) is 33.8 Å². The van der Waals surface area contributed by atoms with E-state index in [2.05, 4.69) is 6.07 Å². The van der Waals surface area contributed by atoms with E-state index in [9.17, 15) is 9.90 Å². The van der Waals surface area contributed by atoms with Crippen LogP contribution in [0.5, 0.6) is 0 Å². The second-order valence-corrected chi connectivity index (χ2v) is 7.00. The second-order valence-electron chi connectivity index (χ2n) is 6.60. The van der Waals surface area contributed by atoms with Gasteiger partial charge in [-0.05, 0) is 54.4 Å². The maximum atomic E-state index is 12.2. The number of rotatable bonds is 3. The summed E-state index contributed by atoms with van der Waals surface area (Å²) in [4.78, 5) is 12.2. The quantitative estimate of drug-likeness (QED) is 0.862. The van der Waals surface area contributed by atoms with Crippen molar-refractivity contribution < 1.29 is 14.6 Å². The largest absolute Gasteiger partial charge is 0.468 e. The number of hydrogen-bond donors (Lipinski definition) is 1. The number of hydrogen-bond acceptors (Lipinski definition) is 3. The summed E-state index contributed by atoms with van der Waals surface area (Å²) in [6.07, 6.45) is 7.62. The van der Waals surface area contributed by atoms with E-state index in [-0.39, 0.29) is 12.6 Å². The standard InChI is InChI=1S/C18H23ClO3/c1-22-17(21)18(11-20)8-7-13-9-14(16(19)10-15(13)18)12-5-3-2-4-6-12/h9-10,12,20H,2-8,11H2,1H3. The van der Waals surface area contributed by atoms with Gasteiger partial charge in [0, 0.05) is 5.02 Å². The van der Waals surface area contributed by atoms with Crippen LogP contribution in [-0.2, 0) is 21.4 Å². The van der Waals surface area contributed by atoms with Crippen molar-refractivity contribution in [1.82, 2.24) is 0 Å². The summed E-state index contributed by atoms with van der Waals surface area (Å²) < 4.78 is 4.93. The highest BCUT2D eigenvalue weighted by Gasteiger charge is 2.46. The lowest BCUT2D eigenvalue weighted by Crippen LogP contribution is -2.38. The second kappa shape index (κ2) is 6.21. The van der Waals surface area contributed by atoms with E-state index in [4.69, 9.17) is 16.3 Å². The third kappa shape index (κ3) is 2.44. The lowest BCUT2D eigenvalue weighted by Gasteiger charge is -2.27. The Morgan fingerprint density at radius 3 is 2.73 bits per heavy atom. The van der Waals surface area contributed by atoms with Crippen molar-refractivity contribution in [3.63, 3.8) is 0 Å². The van der Waals surface area contributed by atoms with Gasteiger partial charge in [0.1, 0.15) is 5.41 Å². The fourth-order valence-corrected chi connectivity index (χ4v) is 4.45. The molecule has 1 unspecified atom stereocenters. The van der Waals surface area contributed by atoms with Crippen LogP contribution in [0, 0.1) is 0 Å². The number of esters is 1. The maximum absolute atomic E-state index is 12.2. The smallest absolute Gasteiger partial charge is 0.318 e. The molecule has 22 heavy (non-hydrogen) atoms. The molecule has 0 heterocycles. The third-order valence-corrected chi connectivity index (χ3v) is 5.78. The zero-order valence-electron chi connectivity index (χ0n) is 13.0. The van der Waals surface area contributed by atoms with Crippen molar-refractivity contribution in [2.24, 2.45) is 0 Å². The molecular weight excluding hydrogens is 300 g/mol. The Hall–Kier alpha value is -1.06. The molecule has 4 heteroatoms. The number of carbonyl (C=O) groups is 1. The number of methoxy groups -OCH3 is 1. The molecule has 0 aliphatic heterocycles. The Balaban J connectivity index is 2.00. The van der Waals surface area contributed by atoms with Gasteiger partial charge in [0.25, 0.3) is 0 Å². The highest BCUT2D eigenvalue weighted by molar-refractivity contribution is 6.31. The minimum Gasteiger partial charge on any atom is -0.468 e. The minimum atomic E-state index is -0.932. The van der Waals surface area contributed by atoms with E-state index in [1.807, 2.05) is 6.07 Å². The van der Waals surface area contributed by atoms with Gasteiger partial charge in [-0.2, -0.15) is 0 Å². The first-order valence-electron chi connectivity index (χ1n) is 8.14. The molecule has 120 valence electrons. The summed E-state index contributed by atoms with van der Waals surface area (Å²) in [5.74, 6) is 0.170. The molecule has 0 radical (unpaired) electrons. The van der Waals surface area contributed by atoms with Crippen LogP contribution in [0.15, 0.2) is 12.1 Å². The summed E-state index contributed by atoms with van der Waals surface area (Å²) in [5, 5.41) is 10.6. The number of benzene rings is 1. The van der Waals surface area contributed by atoms with Crippen LogP contribution in [0.4, 0.5) is 0 Å². The van der Waals surface area contributed by atoms with E-state index in [1.165, 1.54) is 44.8 Å². The normalized spacial score (nSPS) is 25.0. The molecule has 1 aromatic carbocycles. The van der Waals surface area contributed by atoms with Gasteiger partial charge in [-0.1, -0.05) is 36.9 Å². The Labute approximate surface area is 136 Å². The molecule has 1 saturated carbocycles. The Kier molecular flexibility index (Phi) is 4.47. The molecule has 0 spiro atoms. The number of halogens is 1. The number of carbonyl (C=O) groups excluding carboxylic acids is 1. The minimum absolute atomic E-state index is 0.230. The van der Waals surface area contributed by atoms with Gasteiger partial charge < -0.3 is 9.84 Å². The molecule has 1 aromatic rings. The monoisotopic (exact) mass is 322 g/mol. The van der Waals surface area contributed by atoms with Crippen molar-refractivity contribution in [2.45, 2.75) is 56.3 Å². The molecule has 1 fully saturated rings. The van der Waals surface area contributed by atoms with Gasteiger partial charge in [0.15, 0.2) is 0 Å². The molecule has 2 aliphatic rings. The highest BCUT2D eigenvalue weighted by atomic mass is 35.5. The fourth-order valence-electron chi connectivity index (χ4n) is 4.13. The number of aliphatic hydroxyl groups excluding tert-OH is 1. The van der Waals surface area contributed by atoms with E-state index < -0.39 is 5.41 Å². The van der Waals surface area contributed by atoms with Gasteiger partial charge in [0.05, 0.1) is 13.7 Å². The first-order valence-corrected chi connectivity index (χ1v) is 8.52. The van der Waals surface area contributed by atoms with Crippen LogP contribution >= 0.6 is 11.6 Å². The van der Waals surface area contributed by atoms with E-state index in [0.29, 0.717) is 12.3 Å². The number of aliphatic hydroxyl groups is 1. The molecule has 2 aliphatic carbocycles. The average Bonchev–Trinajstić information content (AvgIpc) is 2.93. The number of ether oxygens (including phenoxy) is 1. The van der Waals surface area contributed by atoms with Crippen molar-refractivity contribution in [2.75, 3.05) is 13.7 Å². The molecule has 0 saturated heterocycles. The molecule has 3 rings (SSSR count). The van der Waals surface area contributed by atoms with E-state index in [1.54, 1.807) is 0 Å². The third-order valence-electron chi connectivity index (χ3n) is 5.45. The lowest BCUT2D eigenvalue weighted by molar-refractivity contribution is -0.149. The SMILES string of the molecule is COC(=O)C1(CO)CCc2cc(C3CCCCC3)c(Cl)cc21. The summed E-state index contributed by atoms with van der Waals surface area (Å²) in [6.45, 7) is -0.230. The zero-order chi connectivity index (χ0) is 15.7. The topological polar surface area (TPSA) is 46.5 Å². The van der Waals surface area contributed by atoms with Crippen LogP contribution in [0.25, 0.3) is 0 Å². The Bertz CT molecular complexity index is 578. The summed E-state index contributed by atoms with van der Waals surface area (Å²) >= 11 is 6.54. The van der Waals surface area contributed by atoms with E-state index >= 15 is 0 Å². The Morgan fingerprint density at radius 2 is 2.09 bits per heavy atom. The van der Waals surface area contributed by atoms with Crippen molar-refractivity contribution in [3.8, 4) is 0 Å². The molecule has 3 nitrogen and oxygen atoms in total. The van der Waals surface area contributed by atoms with Gasteiger partial charge in [-0.25, -0.2) is 0 Å². The molecule has 1 N–H and O–H groups in total. The summed E-state index contributed by atoms with van der Waals surface area (Å²) in [6, 6.07) is 4.08. The van der Waals surface area contributed by atoms with Crippen LogP contribution in [0.1, 0.15) is 61.1 Å².